The highest BCUT2D eigenvalue weighted by molar-refractivity contribution is 5.98. The minimum atomic E-state index is 0.0876. The van der Waals surface area contributed by atoms with Crippen molar-refractivity contribution in [3.05, 3.63) is 90.4 Å². The Bertz CT molecular complexity index is 1610. The van der Waals surface area contributed by atoms with E-state index in [0.29, 0.717) is 13.1 Å². The van der Waals surface area contributed by atoms with Gasteiger partial charge in [0, 0.05) is 37.7 Å². The zero-order chi connectivity index (χ0) is 26.8. The third-order valence-electron chi connectivity index (χ3n) is 7.67. The lowest BCUT2D eigenvalue weighted by atomic mass is 10.1. The van der Waals surface area contributed by atoms with Crippen LogP contribution in [0.3, 0.4) is 0 Å². The third-order valence-corrected chi connectivity index (χ3v) is 7.67. The molecule has 0 N–H and O–H groups in total. The van der Waals surface area contributed by atoms with Crippen molar-refractivity contribution in [3.8, 4) is 5.69 Å². The molecule has 0 aliphatic carbocycles. The van der Waals surface area contributed by atoms with Gasteiger partial charge in [0.25, 0.3) is 5.91 Å². The summed E-state index contributed by atoms with van der Waals surface area (Å²) in [4.78, 5) is 27.9. The number of aromatic nitrogens is 4. The van der Waals surface area contributed by atoms with Gasteiger partial charge in [-0.1, -0.05) is 68.8 Å². The Morgan fingerprint density at radius 2 is 1.69 bits per heavy atom. The van der Waals surface area contributed by atoms with E-state index < -0.39 is 0 Å². The number of para-hydroxylation sites is 1. The molecule has 1 aliphatic heterocycles. The summed E-state index contributed by atoms with van der Waals surface area (Å²) in [5, 5.41) is 7.90. The molecule has 3 heterocycles. The Balaban J connectivity index is 1.31. The number of rotatable bonds is 6. The van der Waals surface area contributed by atoms with Crippen LogP contribution >= 0.6 is 0 Å². The first kappa shape index (κ1) is 25.0. The van der Waals surface area contributed by atoms with Gasteiger partial charge in [-0.25, -0.2) is 14.6 Å². The zero-order valence-electron chi connectivity index (χ0n) is 22.6. The molecule has 7 nitrogen and oxygen atoms in total. The predicted octanol–water partition coefficient (Wildman–Crippen LogP) is 6.22. The fourth-order valence-corrected chi connectivity index (χ4v) is 5.53. The monoisotopic (exact) mass is 518 g/mol. The summed E-state index contributed by atoms with van der Waals surface area (Å²) in [6.07, 6.45) is 4.86. The van der Waals surface area contributed by atoms with Crippen LogP contribution in [-0.4, -0.2) is 56.7 Å². The molecule has 7 heteroatoms. The minimum Gasteiger partial charge on any atom is -0.354 e. The number of hydrogen-bond acceptors (Lipinski definition) is 5. The quantitative estimate of drug-likeness (QED) is 0.267. The molecule has 6 rings (SSSR count). The van der Waals surface area contributed by atoms with Crippen LogP contribution in [-0.2, 0) is 0 Å². The predicted molar refractivity (Wildman–Crippen MR) is 157 cm³/mol. The third kappa shape index (κ3) is 4.97. The number of anilines is 1. The van der Waals surface area contributed by atoms with Gasteiger partial charge >= 0.3 is 0 Å². The van der Waals surface area contributed by atoms with Gasteiger partial charge in [-0.15, -0.1) is 0 Å². The van der Waals surface area contributed by atoms with Crippen molar-refractivity contribution in [1.82, 2.24) is 24.6 Å². The fraction of sp³-hybridized carbons (Fsp3) is 0.312. The molecule has 0 spiro atoms. The largest absolute Gasteiger partial charge is 0.354 e. The first-order valence-electron chi connectivity index (χ1n) is 14.0. The number of amides is 1. The van der Waals surface area contributed by atoms with Crippen molar-refractivity contribution in [2.75, 3.05) is 31.1 Å². The maximum Gasteiger partial charge on any atom is 0.253 e. The number of fused-ring (bicyclic) bond motifs is 2. The van der Waals surface area contributed by atoms with Crippen molar-refractivity contribution in [3.63, 3.8) is 0 Å². The molecule has 1 unspecified atom stereocenters. The first-order chi connectivity index (χ1) is 19.1. The molecule has 0 radical (unpaired) electrons. The number of hydrogen-bond donors (Lipinski definition) is 0. The highest BCUT2D eigenvalue weighted by Gasteiger charge is 2.25. The maximum atomic E-state index is 13.5. The molecule has 1 saturated heterocycles. The van der Waals surface area contributed by atoms with E-state index in [9.17, 15) is 4.79 Å². The van der Waals surface area contributed by atoms with E-state index in [-0.39, 0.29) is 11.8 Å². The summed E-state index contributed by atoms with van der Waals surface area (Å²) >= 11 is 0. The molecule has 0 bridgehead atoms. The van der Waals surface area contributed by atoms with Crippen LogP contribution in [0.2, 0.25) is 0 Å². The Kier molecular flexibility index (Phi) is 6.97. The van der Waals surface area contributed by atoms with Crippen LogP contribution in [0.5, 0.6) is 0 Å². The minimum absolute atomic E-state index is 0.0876. The highest BCUT2D eigenvalue weighted by Crippen LogP contribution is 2.30. The average molecular weight is 519 g/mol. The number of nitrogens with zero attached hydrogens (tertiary/aromatic N) is 6. The molecule has 2 aromatic heterocycles. The van der Waals surface area contributed by atoms with Gasteiger partial charge in [0.2, 0.25) is 0 Å². The molecular formula is C32H34N6O. The Morgan fingerprint density at radius 3 is 2.51 bits per heavy atom. The van der Waals surface area contributed by atoms with E-state index in [0.717, 1.165) is 77.1 Å². The molecular weight excluding hydrogens is 484 g/mol. The molecule has 1 atom stereocenters. The van der Waals surface area contributed by atoms with E-state index in [2.05, 4.69) is 30.9 Å². The molecule has 5 aromatic rings. The van der Waals surface area contributed by atoms with Crippen molar-refractivity contribution in [2.45, 2.75) is 39.0 Å². The first-order valence-corrected chi connectivity index (χ1v) is 14.0. The maximum absolute atomic E-state index is 13.5. The second kappa shape index (κ2) is 10.8. The summed E-state index contributed by atoms with van der Waals surface area (Å²) in [5.41, 5.74) is 2.55. The summed E-state index contributed by atoms with van der Waals surface area (Å²) < 4.78 is 1.91. The second-order valence-corrected chi connectivity index (χ2v) is 10.4. The molecule has 1 fully saturated rings. The molecule has 1 aliphatic rings. The van der Waals surface area contributed by atoms with E-state index in [1.54, 1.807) is 0 Å². The van der Waals surface area contributed by atoms with Crippen LogP contribution in [0.4, 0.5) is 5.82 Å². The second-order valence-electron chi connectivity index (χ2n) is 10.4. The average Bonchev–Trinajstić information content (AvgIpc) is 3.26. The van der Waals surface area contributed by atoms with Crippen molar-refractivity contribution < 1.29 is 4.79 Å². The normalized spacial score (nSPS) is 15.0. The lowest BCUT2D eigenvalue weighted by molar-refractivity contribution is 0.0767. The molecule has 1 amide bonds. The number of benzene rings is 3. The van der Waals surface area contributed by atoms with Crippen LogP contribution in [0.1, 0.15) is 55.2 Å². The lowest BCUT2D eigenvalue weighted by Gasteiger charge is -2.24. The van der Waals surface area contributed by atoms with E-state index in [1.165, 1.54) is 0 Å². The number of carbonyl (C=O) groups excluding carboxylic acids is 1. The fourth-order valence-electron chi connectivity index (χ4n) is 5.53. The summed E-state index contributed by atoms with van der Waals surface area (Å²) in [6.45, 7) is 7.29. The van der Waals surface area contributed by atoms with Gasteiger partial charge in [0.05, 0.1) is 17.3 Å². The Labute approximate surface area is 229 Å². The van der Waals surface area contributed by atoms with E-state index >= 15 is 0 Å². The highest BCUT2D eigenvalue weighted by atomic mass is 16.2. The smallest absolute Gasteiger partial charge is 0.253 e. The van der Waals surface area contributed by atoms with E-state index in [4.69, 9.17) is 15.1 Å². The standard InChI is InChI=1S/C32H34N6O/c1-3-10-23(2)29-34-30(28-22-33-38(31(28)35-29)27-13-5-4-6-14-27)36-17-9-18-37(20-19-36)32(39)26-16-15-24-11-7-8-12-25(24)21-26/h4-8,11-16,21-23H,3,9-10,17-20H2,1-2H3. The van der Waals surface area contributed by atoms with Crippen molar-refractivity contribution in [2.24, 2.45) is 0 Å². The van der Waals surface area contributed by atoms with Crippen molar-refractivity contribution >= 4 is 33.5 Å². The Hall–Kier alpha value is -4.26. The molecule has 198 valence electrons. The summed E-state index contributed by atoms with van der Waals surface area (Å²) in [5.74, 6) is 2.10. The van der Waals surface area contributed by atoms with Gasteiger partial charge < -0.3 is 9.80 Å². The van der Waals surface area contributed by atoms with Crippen LogP contribution in [0.25, 0.3) is 27.5 Å². The Morgan fingerprint density at radius 1 is 0.897 bits per heavy atom. The topological polar surface area (TPSA) is 67.2 Å². The summed E-state index contributed by atoms with van der Waals surface area (Å²) in [7, 11) is 0. The van der Waals surface area contributed by atoms with Crippen molar-refractivity contribution in [1.29, 1.82) is 0 Å². The van der Waals surface area contributed by atoms with Gasteiger partial charge in [-0.05, 0) is 47.9 Å². The van der Waals surface area contributed by atoms with Gasteiger partial charge in [-0.3, -0.25) is 4.79 Å². The lowest BCUT2D eigenvalue weighted by Crippen LogP contribution is -2.35. The number of carbonyl (C=O) groups is 1. The molecule has 3 aromatic carbocycles. The van der Waals surface area contributed by atoms with Crippen LogP contribution in [0, 0.1) is 0 Å². The zero-order valence-corrected chi connectivity index (χ0v) is 22.6. The molecule has 39 heavy (non-hydrogen) atoms. The van der Waals surface area contributed by atoms with Gasteiger partial charge in [0.15, 0.2) is 5.65 Å². The van der Waals surface area contributed by atoms with Gasteiger partial charge in [-0.2, -0.15) is 5.10 Å². The van der Waals surface area contributed by atoms with Gasteiger partial charge in [0.1, 0.15) is 11.6 Å². The summed E-state index contributed by atoms with van der Waals surface area (Å²) in [6, 6.07) is 24.3. The van der Waals surface area contributed by atoms with E-state index in [1.807, 2.05) is 76.4 Å². The van der Waals surface area contributed by atoms with Crippen LogP contribution < -0.4 is 4.90 Å². The SMILES string of the molecule is CCCC(C)c1nc(N2CCCN(C(=O)c3ccc4ccccc4c3)CC2)c2cnn(-c3ccccc3)c2n1. The van der Waals surface area contributed by atoms with Crippen LogP contribution in [0.15, 0.2) is 79.0 Å². The molecule has 0 saturated carbocycles.